The van der Waals surface area contributed by atoms with Gasteiger partial charge in [-0.05, 0) is 77.1 Å². The molecule has 38 heavy (non-hydrogen) atoms. The number of aryl methyl sites for hydroxylation is 1. The number of anilines is 1. The van der Waals surface area contributed by atoms with E-state index in [2.05, 4.69) is 41.7 Å². The van der Waals surface area contributed by atoms with Gasteiger partial charge < -0.3 is 10.1 Å². The van der Waals surface area contributed by atoms with Gasteiger partial charge >= 0.3 is 0 Å². The molecule has 0 aliphatic rings. The summed E-state index contributed by atoms with van der Waals surface area (Å²) in [6.45, 7) is 4.31. The second-order valence-corrected chi connectivity index (χ2v) is 10.1. The Balaban J connectivity index is 1.42. The van der Waals surface area contributed by atoms with Crippen molar-refractivity contribution in [2.45, 2.75) is 32.8 Å². The van der Waals surface area contributed by atoms with Crippen LogP contribution < -0.4 is 10.1 Å². The fourth-order valence-electron chi connectivity index (χ4n) is 4.69. The lowest BCUT2D eigenvalue weighted by Gasteiger charge is -2.18. The average molecular weight is 520 g/mol. The molecule has 5 rings (SSSR count). The first-order chi connectivity index (χ1) is 18.5. The van der Waals surface area contributed by atoms with Crippen molar-refractivity contribution in [3.05, 3.63) is 142 Å². The Morgan fingerprint density at radius 3 is 2.45 bits per heavy atom. The highest BCUT2D eigenvalue weighted by atomic mass is 35.5. The minimum absolute atomic E-state index is 0.0459. The standard InChI is InChI=1S/C34H30ClNO2/c1-23-15-18-31(35)33(19-23)38-22-26-16-17-28(20-25-9-4-3-5-10-25)32(21-26)36-34(37)24(2)29-14-8-12-27-11-6-7-13-30(27)29/h3-19,21,24H,20,22H2,1-2H3,(H,36,37). The molecule has 0 radical (unpaired) electrons. The van der Waals surface area contributed by atoms with Crippen LogP contribution >= 0.6 is 11.6 Å². The molecule has 5 aromatic carbocycles. The van der Waals surface area contributed by atoms with Crippen molar-refractivity contribution in [2.24, 2.45) is 0 Å². The van der Waals surface area contributed by atoms with Crippen LogP contribution in [0.1, 0.15) is 40.7 Å². The van der Waals surface area contributed by atoms with Gasteiger partial charge in [0, 0.05) is 5.69 Å². The molecule has 4 heteroatoms. The third-order valence-corrected chi connectivity index (χ3v) is 7.15. The number of benzene rings is 5. The van der Waals surface area contributed by atoms with Crippen molar-refractivity contribution in [1.29, 1.82) is 0 Å². The molecule has 190 valence electrons. The number of carbonyl (C=O) groups is 1. The molecule has 0 saturated heterocycles. The SMILES string of the molecule is Cc1ccc(Cl)c(OCc2ccc(Cc3ccccc3)c(NC(=O)C(C)c3cccc4ccccc34)c2)c1. The monoisotopic (exact) mass is 519 g/mol. The van der Waals surface area contributed by atoms with Crippen molar-refractivity contribution < 1.29 is 9.53 Å². The highest BCUT2D eigenvalue weighted by molar-refractivity contribution is 6.32. The molecule has 0 aromatic heterocycles. The Labute approximate surface area is 229 Å². The molecule has 0 spiro atoms. The summed E-state index contributed by atoms with van der Waals surface area (Å²) in [5.41, 5.74) is 6.07. The highest BCUT2D eigenvalue weighted by Crippen LogP contribution is 2.30. The molecule has 0 fully saturated rings. The topological polar surface area (TPSA) is 38.3 Å². The number of fused-ring (bicyclic) bond motifs is 1. The summed E-state index contributed by atoms with van der Waals surface area (Å²) in [7, 11) is 0. The first kappa shape index (κ1) is 25.6. The molecule has 0 bridgehead atoms. The molecule has 0 aliphatic carbocycles. The van der Waals surface area contributed by atoms with Gasteiger partial charge in [-0.15, -0.1) is 0 Å². The van der Waals surface area contributed by atoms with E-state index >= 15 is 0 Å². The van der Waals surface area contributed by atoms with E-state index in [0.29, 0.717) is 23.8 Å². The molecule has 5 aromatic rings. The predicted octanol–water partition coefficient (Wildman–Crippen LogP) is 8.71. The lowest BCUT2D eigenvalue weighted by Crippen LogP contribution is -2.20. The summed E-state index contributed by atoms with van der Waals surface area (Å²) in [5, 5.41) is 6.03. The zero-order valence-corrected chi connectivity index (χ0v) is 22.3. The second kappa shape index (κ2) is 11.5. The first-order valence-corrected chi connectivity index (χ1v) is 13.2. The summed E-state index contributed by atoms with van der Waals surface area (Å²) >= 11 is 6.33. The zero-order chi connectivity index (χ0) is 26.5. The van der Waals surface area contributed by atoms with Gasteiger partial charge in [0.25, 0.3) is 0 Å². The number of nitrogens with one attached hydrogen (secondary N) is 1. The Morgan fingerprint density at radius 1 is 0.842 bits per heavy atom. The van der Waals surface area contributed by atoms with Crippen LogP contribution in [0.4, 0.5) is 5.69 Å². The number of halogens is 1. The molecule has 3 nitrogen and oxygen atoms in total. The van der Waals surface area contributed by atoms with Crippen LogP contribution in [-0.2, 0) is 17.8 Å². The van der Waals surface area contributed by atoms with Crippen LogP contribution in [0.2, 0.25) is 5.02 Å². The quantitative estimate of drug-likeness (QED) is 0.222. The minimum Gasteiger partial charge on any atom is -0.487 e. The third-order valence-electron chi connectivity index (χ3n) is 6.83. The molecule has 0 aliphatic heterocycles. The second-order valence-electron chi connectivity index (χ2n) is 9.66. The molecule has 0 saturated carbocycles. The number of carbonyl (C=O) groups excluding carboxylic acids is 1. The molecule has 1 N–H and O–H groups in total. The summed E-state index contributed by atoms with van der Waals surface area (Å²) < 4.78 is 6.04. The van der Waals surface area contributed by atoms with E-state index in [9.17, 15) is 4.79 Å². The largest absolute Gasteiger partial charge is 0.487 e. The van der Waals surface area contributed by atoms with Crippen molar-refractivity contribution in [1.82, 2.24) is 0 Å². The van der Waals surface area contributed by atoms with Crippen LogP contribution in [0.5, 0.6) is 5.75 Å². The predicted molar refractivity (Wildman–Crippen MR) is 157 cm³/mol. The van der Waals surface area contributed by atoms with Crippen molar-refractivity contribution >= 4 is 34.0 Å². The van der Waals surface area contributed by atoms with Crippen LogP contribution in [0.25, 0.3) is 10.8 Å². The number of rotatable bonds is 8. The molecule has 1 amide bonds. The Morgan fingerprint density at radius 2 is 1.61 bits per heavy atom. The molecule has 1 unspecified atom stereocenters. The maximum Gasteiger partial charge on any atom is 0.231 e. The van der Waals surface area contributed by atoms with E-state index in [-0.39, 0.29) is 11.8 Å². The lowest BCUT2D eigenvalue weighted by molar-refractivity contribution is -0.117. The number of amides is 1. The first-order valence-electron chi connectivity index (χ1n) is 12.8. The van der Waals surface area contributed by atoms with Gasteiger partial charge in [-0.2, -0.15) is 0 Å². The molecule has 1 atom stereocenters. The highest BCUT2D eigenvalue weighted by Gasteiger charge is 2.19. The van der Waals surface area contributed by atoms with Crippen LogP contribution in [0, 0.1) is 6.92 Å². The van der Waals surface area contributed by atoms with E-state index in [1.807, 2.05) is 86.6 Å². The van der Waals surface area contributed by atoms with Crippen LogP contribution in [-0.4, -0.2) is 5.91 Å². The Hall–Kier alpha value is -4.08. The van der Waals surface area contributed by atoms with Crippen LogP contribution in [0.15, 0.2) is 109 Å². The summed E-state index contributed by atoms with van der Waals surface area (Å²) in [4.78, 5) is 13.6. The third kappa shape index (κ3) is 5.90. The van der Waals surface area contributed by atoms with E-state index in [4.69, 9.17) is 16.3 Å². The smallest absolute Gasteiger partial charge is 0.231 e. The van der Waals surface area contributed by atoms with Gasteiger partial charge in [0.15, 0.2) is 0 Å². The van der Waals surface area contributed by atoms with Gasteiger partial charge in [0.1, 0.15) is 12.4 Å². The van der Waals surface area contributed by atoms with Crippen molar-refractivity contribution in [3.63, 3.8) is 0 Å². The minimum atomic E-state index is -0.323. The number of hydrogen-bond acceptors (Lipinski definition) is 2. The van der Waals surface area contributed by atoms with Gasteiger partial charge in [-0.1, -0.05) is 103 Å². The van der Waals surface area contributed by atoms with E-state index in [1.54, 1.807) is 0 Å². The number of ether oxygens (including phenoxy) is 1. The van der Waals surface area contributed by atoms with E-state index in [0.717, 1.165) is 38.7 Å². The van der Waals surface area contributed by atoms with Crippen molar-refractivity contribution in [3.8, 4) is 5.75 Å². The van der Waals surface area contributed by atoms with E-state index < -0.39 is 0 Å². The maximum atomic E-state index is 13.6. The fourth-order valence-corrected chi connectivity index (χ4v) is 4.86. The molecular weight excluding hydrogens is 490 g/mol. The van der Waals surface area contributed by atoms with Gasteiger partial charge in [0.2, 0.25) is 5.91 Å². The summed E-state index contributed by atoms with van der Waals surface area (Å²) in [6.07, 6.45) is 0.712. The Bertz CT molecular complexity index is 1570. The average Bonchev–Trinajstić information content (AvgIpc) is 2.94. The Kier molecular flexibility index (Phi) is 7.76. The number of hydrogen-bond donors (Lipinski definition) is 1. The summed E-state index contributed by atoms with van der Waals surface area (Å²) in [5.74, 6) is 0.280. The van der Waals surface area contributed by atoms with E-state index in [1.165, 1.54) is 5.56 Å². The van der Waals surface area contributed by atoms with Crippen molar-refractivity contribution in [2.75, 3.05) is 5.32 Å². The van der Waals surface area contributed by atoms with Crippen LogP contribution in [0.3, 0.4) is 0 Å². The summed E-state index contributed by atoms with van der Waals surface area (Å²) in [6, 6.07) is 36.4. The fraction of sp³-hybridized carbons (Fsp3) is 0.147. The van der Waals surface area contributed by atoms with Gasteiger partial charge in [-0.25, -0.2) is 0 Å². The lowest BCUT2D eigenvalue weighted by atomic mass is 9.93. The van der Waals surface area contributed by atoms with Gasteiger partial charge in [0.05, 0.1) is 10.9 Å². The maximum absolute atomic E-state index is 13.6. The van der Waals surface area contributed by atoms with Gasteiger partial charge in [-0.3, -0.25) is 4.79 Å². The molecule has 0 heterocycles. The normalized spacial score (nSPS) is 11.8. The molecular formula is C34H30ClNO2. The zero-order valence-electron chi connectivity index (χ0n) is 21.6.